The first-order valence-electron chi connectivity index (χ1n) is 33.6. The fraction of sp³-hybridized carbons (Fsp3) is 0.826. The molecular weight excluding hydrogens is 1000 g/mol. The molecule has 0 saturated heterocycles. The number of amides is 1. The van der Waals surface area contributed by atoms with Gasteiger partial charge in [-0.1, -0.05) is 287 Å². The molecule has 3 atom stereocenters. The molecule has 0 radical (unpaired) electrons. The predicted molar refractivity (Wildman–Crippen MR) is 339 cm³/mol. The van der Waals surface area contributed by atoms with Crippen LogP contribution in [0.4, 0.5) is 0 Å². The van der Waals surface area contributed by atoms with E-state index in [2.05, 4.69) is 74.7 Å². The van der Waals surface area contributed by atoms with E-state index >= 15 is 0 Å². The third kappa shape index (κ3) is 60.1. The van der Waals surface area contributed by atoms with E-state index in [1.54, 1.807) is 0 Å². The van der Waals surface area contributed by atoms with Crippen LogP contribution in [0.15, 0.2) is 60.8 Å². The number of hydrogen-bond acceptors (Lipinski definition) is 7. The summed E-state index contributed by atoms with van der Waals surface area (Å²) in [5.41, 5.74) is 0. The number of ether oxygens (including phenoxy) is 1. The van der Waals surface area contributed by atoms with Crippen molar-refractivity contribution in [1.82, 2.24) is 5.32 Å². The van der Waals surface area contributed by atoms with Crippen LogP contribution >= 0.6 is 7.82 Å². The summed E-state index contributed by atoms with van der Waals surface area (Å²) in [5.74, 6) is -0.550. The van der Waals surface area contributed by atoms with Gasteiger partial charge in [-0.3, -0.25) is 14.2 Å². The van der Waals surface area contributed by atoms with Crippen molar-refractivity contribution in [2.45, 2.75) is 328 Å². The van der Waals surface area contributed by atoms with Crippen molar-refractivity contribution in [2.24, 2.45) is 0 Å². The molecule has 0 aliphatic heterocycles. The topological polar surface area (TPSA) is 114 Å². The summed E-state index contributed by atoms with van der Waals surface area (Å²) in [6.45, 7) is 6.84. The highest BCUT2D eigenvalue weighted by Crippen LogP contribution is 2.38. The first-order chi connectivity index (χ1) is 38.4. The number of rotatable bonds is 61. The highest BCUT2D eigenvalue weighted by molar-refractivity contribution is 7.45. The molecule has 9 nitrogen and oxygen atoms in total. The molecule has 79 heavy (non-hydrogen) atoms. The number of unbranched alkanes of at least 4 members (excludes halogenated alkanes) is 37. The Morgan fingerprint density at radius 1 is 0.443 bits per heavy atom. The quantitative estimate of drug-likeness (QED) is 0.0212. The van der Waals surface area contributed by atoms with Crippen molar-refractivity contribution in [1.29, 1.82) is 0 Å². The van der Waals surface area contributed by atoms with Crippen LogP contribution < -0.4 is 10.2 Å². The van der Waals surface area contributed by atoms with Crippen molar-refractivity contribution in [3.8, 4) is 0 Å². The number of allylic oxidation sites excluding steroid dienone is 9. The smallest absolute Gasteiger partial charge is 0.306 e. The van der Waals surface area contributed by atoms with Gasteiger partial charge < -0.3 is 28.5 Å². The zero-order chi connectivity index (χ0) is 57.9. The van der Waals surface area contributed by atoms with Crippen molar-refractivity contribution >= 4 is 19.7 Å². The number of likely N-dealkylation sites (N-methyl/N-ethyl adjacent to an activating group) is 1. The van der Waals surface area contributed by atoms with Crippen molar-refractivity contribution in [3.05, 3.63) is 60.8 Å². The van der Waals surface area contributed by atoms with Crippen LogP contribution in [0.5, 0.6) is 0 Å². The number of carbonyl (C=O) groups excluding carboxylic acids is 2. The molecule has 1 N–H and O–H groups in total. The fourth-order valence-electron chi connectivity index (χ4n) is 9.74. The van der Waals surface area contributed by atoms with E-state index in [1.165, 1.54) is 186 Å². The van der Waals surface area contributed by atoms with Gasteiger partial charge in [-0.25, -0.2) is 0 Å². The molecule has 0 bridgehead atoms. The second-order valence-corrected chi connectivity index (χ2v) is 25.4. The Labute approximate surface area is 490 Å². The average molecular weight is 1130 g/mol. The van der Waals surface area contributed by atoms with Gasteiger partial charge in [-0.05, 0) is 76.7 Å². The largest absolute Gasteiger partial charge is 0.756 e. The van der Waals surface area contributed by atoms with Crippen LogP contribution in [-0.2, 0) is 27.9 Å². The first-order valence-corrected chi connectivity index (χ1v) is 35.1. The summed E-state index contributed by atoms with van der Waals surface area (Å²) in [6, 6.07) is -0.898. The van der Waals surface area contributed by atoms with E-state index in [4.69, 9.17) is 13.8 Å². The predicted octanol–water partition coefficient (Wildman–Crippen LogP) is 20.4. The highest BCUT2D eigenvalue weighted by atomic mass is 31.2. The summed E-state index contributed by atoms with van der Waals surface area (Å²) in [4.78, 5) is 40.1. The number of carbonyl (C=O) groups is 2. The van der Waals surface area contributed by atoms with Crippen molar-refractivity contribution in [3.63, 3.8) is 0 Å². The lowest BCUT2D eigenvalue weighted by Crippen LogP contribution is -2.47. The lowest BCUT2D eigenvalue weighted by atomic mass is 10.0. The third-order valence-electron chi connectivity index (χ3n) is 15.0. The van der Waals surface area contributed by atoms with Gasteiger partial charge >= 0.3 is 5.97 Å². The number of nitrogens with zero attached hydrogens (tertiary/aromatic N) is 1. The van der Waals surface area contributed by atoms with Gasteiger partial charge in [0.2, 0.25) is 5.91 Å². The van der Waals surface area contributed by atoms with E-state index in [0.29, 0.717) is 17.4 Å². The summed E-state index contributed by atoms with van der Waals surface area (Å²) in [6.07, 6.45) is 74.7. The maximum atomic E-state index is 13.6. The van der Waals surface area contributed by atoms with Crippen LogP contribution in [0.3, 0.4) is 0 Å². The lowest BCUT2D eigenvalue weighted by molar-refractivity contribution is -0.870. The molecule has 0 aromatic rings. The van der Waals surface area contributed by atoms with Crippen molar-refractivity contribution < 1.29 is 37.3 Å². The van der Waals surface area contributed by atoms with Crippen LogP contribution in [0.1, 0.15) is 316 Å². The molecule has 3 unspecified atom stereocenters. The van der Waals surface area contributed by atoms with E-state index in [-0.39, 0.29) is 24.9 Å². The SMILES string of the molecule is CCCCC/C=C\C/C=C\C/C=C\C/C=C\CCCCCCCC(=O)NC(COP(=O)([O-])OCC[N+](C)(C)C)C(/C=C/CCCCCCCCCCCCC)OC(=O)CCCCCCCCCCCCCCCCCCCCC. The second-order valence-electron chi connectivity index (χ2n) is 24.0. The monoisotopic (exact) mass is 1130 g/mol. The zero-order valence-corrected chi connectivity index (χ0v) is 53.7. The van der Waals surface area contributed by atoms with Gasteiger partial charge in [-0.2, -0.15) is 0 Å². The number of hydrogen-bond donors (Lipinski definition) is 1. The number of phosphoric acid groups is 1. The minimum atomic E-state index is -4.71. The Bertz CT molecular complexity index is 1540. The van der Waals surface area contributed by atoms with E-state index < -0.39 is 26.6 Å². The molecule has 462 valence electrons. The normalized spacial score (nSPS) is 14.0. The second kappa shape index (κ2) is 58.9. The standard InChI is InChI=1S/C69H129N2O7P/c1-7-10-13-16-19-22-25-28-30-32-34-35-37-38-40-43-46-49-52-55-58-61-68(72)70-66(65-77-79(74,75)76-64-63-71(4,5)6)67(60-57-54-51-48-45-42-27-24-21-18-15-12-9-3)78-69(73)62-59-56-53-50-47-44-41-39-36-33-31-29-26-23-20-17-14-11-8-2/h19,22,28,30,34-35,38,40,57,60,66-67H,7-18,20-21,23-27,29,31-33,36-37,39,41-56,58-59,61-65H2,1-6H3,(H-,70,72,74,75)/b22-19-,30-28-,35-34-,40-38-,60-57+. The minimum Gasteiger partial charge on any atom is -0.756 e. The average Bonchev–Trinajstić information content (AvgIpc) is 3.41. The molecule has 0 rings (SSSR count). The maximum Gasteiger partial charge on any atom is 0.306 e. The van der Waals surface area contributed by atoms with Gasteiger partial charge in [0, 0.05) is 12.8 Å². The van der Waals surface area contributed by atoms with Crippen LogP contribution in [0.25, 0.3) is 0 Å². The van der Waals surface area contributed by atoms with Crippen LogP contribution in [-0.4, -0.2) is 69.4 Å². The number of phosphoric ester groups is 1. The van der Waals surface area contributed by atoms with E-state index in [1.807, 2.05) is 33.3 Å². The Morgan fingerprint density at radius 2 is 0.772 bits per heavy atom. The first kappa shape index (κ1) is 76.7. The van der Waals surface area contributed by atoms with Gasteiger partial charge in [0.05, 0.1) is 33.8 Å². The Kier molecular flexibility index (Phi) is 57.2. The summed E-state index contributed by atoms with van der Waals surface area (Å²) < 4.78 is 30.4. The minimum absolute atomic E-state index is 0.0262. The molecule has 0 saturated carbocycles. The Morgan fingerprint density at radius 3 is 1.18 bits per heavy atom. The maximum absolute atomic E-state index is 13.6. The molecule has 0 aromatic heterocycles. The third-order valence-corrected chi connectivity index (χ3v) is 15.9. The highest BCUT2D eigenvalue weighted by Gasteiger charge is 2.27. The summed E-state index contributed by atoms with van der Waals surface area (Å²) >= 11 is 0. The molecule has 0 spiro atoms. The lowest BCUT2D eigenvalue weighted by Gasteiger charge is -2.30. The van der Waals surface area contributed by atoms with Crippen LogP contribution in [0.2, 0.25) is 0 Å². The molecule has 0 aliphatic carbocycles. The van der Waals surface area contributed by atoms with E-state index in [0.717, 1.165) is 96.3 Å². The molecular formula is C69H129N2O7P. The number of quaternary nitrogens is 1. The Balaban J connectivity index is 5.23. The summed E-state index contributed by atoms with van der Waals surface area (Å²) in [7, 11) is 1.18. The molecule has 0 aromatic carbocycles. The Hall–Kier alpha value is -2.29. The van der Waals surface area contributed by atoms with Gasteiger partial charge in [0.1, 0.15) is 19.3 Å². The summed E-state index contributed by atoms with van der Waals surface area (Å²) in [5, 5.41) is 3.03. The van der Waals surface area contributed by atoms with E-state index in [9.17, 15) is 19.0 Å². The molecule has 1 amide bonds. The van der Waals surface area contributed by atoms with Gasteiger partial charge in [0.25, 0.3) is 7.82 Å². The molecule has 10 heteroatoms. The zero-order valence-electron chi connectivity index (χ0n) is 52.8. The number of esters is 1. The van der Waals surface area contributed by atoms with Crippen LogP contribution in [0, 0.1) is 0 Å². The van der Waals surface area contributed by atoms with Crippen molar-refractivity contribution in [2.75, 3.05) is 40.9 Å². The van der Waals surface area contributed by atoms with Gasteiger partial charge in [0.15, 0.2) is 0 Å². The molecule has 0 fully saturated rings. The molecule has 0 heterocycles. The molecule has 0 aliphatic rings. The number of nitrogens with one attached hydrogen (secondary N) is 1. The van der Waals surface area contributed by atoms with Gasteiger partial charge in [-0.15, -0.1) is 0 Å². The fourth-order valence-corrected chi connectivity index (χ4v) is 10.5.